The molecular weight excluding hydrogens is 738 g/mol. The Morgan fingerprint density at radius 2 is 1.44 bits per heavy atom. The minimum absolute atomic E-state index is 0.0250. The lowest BCUT2D eigenvalue weighted by atomic mass is 9.97. The largest absolute Gasteiger partial charge is 0.453 e. The van der Waals surface area contributed by atoms with E-state index in [0.29, 0.717) is 5.56 Å². The molecule has 0 unspecified atom stereocenters. The van der Waals surface area contributed by atoms with Gasteiger partial charge in [-0.2, -0.15) is 0 Å². The van der Waals surface area contributed by atoms with Crippen LogP contribution < -0.4 is 0 Å². The summed E-state index contributed by atoms with van der Waals surface area (Å²) in [6, 6.07) is 27.2. The van der Waals surface area contributed by atoms with Crippen LogP contribution in [0.15, 0.2) is 103 Å². The number of benzene rings is 3. The first-order valence-electron chi connectivity index (χ1n) is 18.8. The zero-order chi connectivity index (χ0) is 40.7. The minimum Gasteiger partial charge on any atom is -0.453 e. The molecule has 1 N–H and O–H groups in total. The van der Waals surface area contributed by atoms with Gasteiger partial charge in [0.2, 0.25) is 5.91 Å². The number of hydrogen-bond acceptors (Lipinski definition) is 13. The maximum atomic E-state index is 13.6. The molecule has 2 fully saturated rings. The molecule has 2 saturated heterocycles. The zero-order valence-corrected chi connectivity index (χ0v) is 32.2. The molecule has 3 aromatic rings. The molecular formula is C43H49NO13. The van der Waals surface area contributed by atoms with E-state index in [1.165, 1.54) is 14.0 Å². The number of rotatable bonds is 20. The van der Waals surface area contributed by atoms with E-state index < -0.39 is 78.3 Å². The molecule has 0 aliphatic carbocycles. The van der Waals surface area contributed by atoms with Crippen molar-refractivity contribution < 1.29 is 62.2 Å². The SMILES string of the molecule is CO[C@H]1O[C@H](CO)[C@@H](OCc2ccccc2)[C@H](OCc2ccccc2)[C@@H]1OCCCC(=O)C=CC(=O)[C@@H](OC(C)=O)[C@H](C)C(=O)N1C(=O)OC[C@@H]1c1ccccc1. The summed E-state index contributed by atoms with van der Waals surface area (Å²) in [5.74, 6) is -4.10. The molecule has 3 aromatic carbocycles. The molecule has 2 aliphatic heterocycles. The van der Waals surface area contributed by atoms with E-state index in [-0.39, 0.29) is 45.9 Å². The van der Waals surface area contributed by atoms with Gasteiger partial charge in [0.25, 0.3) is 0 Å². The Hall–Kier alpha value is -5.09. The Morgan fingerprint density at radius 1 is 0.842 bits per heavy atom. The van der Waals surface area contributed by atoms with Crippen molar-refractivity contribution in [2.24, 2.45) is 5.92 Å². The third-order valence-electron chi connectivity index (χ3n) is 9.60. The quantitative estimate of drug-likeness (QED) is 0.0952. The van der Waals surface area contributed by atoms with Crippen molar-refractivity contribution in [1.82, 2.24) is 4.90 Å². The molecule has 5 rings (SSSR count). The van der Waals surface area contributed by atoms with Gasteiger partial charge in [0.1, 0.15) is 37.1 Å². The third kappa shape index (κ3) is 11.7. The monoisotopic (exact) mass is 787 g/mol. The van der Waals surface area contributed by atoms with Crippen LogP contribution >= 0.6 is 0 Å². The minimum atomic E-state index is -1.60. The van der Waals surface area contributed by atoms with Gasteiger partial charge in [0, 0.05) is 27.1 Å². The number of imide groups is 1. The van der Waals surface area contributed by atoms with Gasteiger partial charge in [-0.1, -0.05) is 91.0 Å². The molecule has 2 aliphatic rings. The van der Waals surface area contributed by atoms with Gasteiger partial charge >= 0.3 is 12.1 Å². The molecule has 8 atom stereocenters. The first-order valence-corrected chi connectivity index (χ1v) is 18.8. The maximum absolute atomic E-state index is 13.6. The van der Waals surface area contributed by atoms with E-state index in [9.17, 15) is 29.1 Å². The fourth-order valence-electron chi connectivity index (χ4n) is 6.65. The van der Waals surface area contributed by atoms with Gasteiger partial charge in [0.15, 0.2) is 24.0 Å². The molecule has 0 bridgehead atoms. The normalized spacial score (nSPS) is 23.2. The molecule has 0 radical (unpaired) electrons. The molecule has 14 heteroatoms. The number of nitrogens with zero attached hydrogens (tertiary/aromatic N) is 1. The van der Waals surface area contributed by atoms with Crippen LogP contribution in [0.1, 0.15) is 49.4 Å². The summed E-state index contributed by atoms with van der Waals surface area (Å²) in [6.45, 7) is 2.54. The van der Waals surface area contributed by atoms with Gasteiger partial charge in [-0.15, -0.1) is 0 Å². The lowest BCUT2D eigenvalue weighted by Gasteiger charge is -2.45. The highest BCUT2D eigenvalue weighted by Crippen LogP contribution is 2.32. The van der Waals surface area contributed by atoms with Crippen molar-refractivity contribution in [1.29, 1.82) is 0 Å². The molecule has 2 amide bonds. The summed E-state index contributed by atoms with van der Waals surface area (Å²) in [7, 11) is 1.45. The first kappa shape index (κ1) is 43.0. The number of amides is 2. The fraction of sp³-hybridized carbons (Fsp3) is 0.419. The summed E-state index contributed by atoms with van der Waals surface area (Å²) in [4.78, 5) is 65.4. The van der Waals surface area contributed by atoms with Crippen molar-refractivity contribution in [3.63, 3.8) is 0 Å². The lowest BCUT2D eigenvalue weighted by molar-refractivity contribution is -0.319. The fourth-order valence-corrected chi connectivity index (χ4v) is 6.65. The summed E-state index contributed by atoms with van der Waals surface area (Å²) in [5, 5.41) is 10.3. The van der Waals surface area contributed by atoms with E-state index in [4.69, 9.17) is 33.2 Å². The summed E-state index contributed by atoms with van der Waals surface area (Å²) >= 11 is 0. The van der Waals surface area contributed by atoms with Gasteiger partial charge in [0.05, 0.1) is 25.7 Å². The van der Waals surface area contributed by atoms with E-state index in [1.807, 2.05) is 60.7 Å². The topological polar surface area (TPSA) is 173 Å². The average molecular weight is 788 g/mol. The highest BCUT2D eigenvalue weighted by molar-refractivity contribution is 6.04. The number of esters is 1. The number of hydrogen-bond donors (Lipinski definition) is 1. The van der Waals surface area contributed by atoms with E-state index >= 15 is 0 Å². The number of carbonyl (C=O) groups is 5. The second kappa shape index (κ2) is 21.4. The van der Waals surface area contributed by atoms with Crippen LogP contribution in [0.4, 0.5) is 4.79 Å². The zero-order valence-electron chi connectivity index (χ0n) is 32.2. The summed E-state index contributed by atoms with van der Waals surface area (Å²) in [5.41, 5.74) is 2.49. The average Bonchev–Trinajstić information content (AvgIpc) is 3.63. The van der Waals surface area contributed by atoms with Crippen LogP contribution in [0.3, 0.4) is 0 Å². The number of cyclic esters (lactones) is 1. The number of aliphatic hydroxyl groups excluding tert-OH is 1. The van der Waals surface area contributed by atoms with Crippen molar-refractivity contribution >= 4 is 29.5 Å². The smallest absolute Gasteiger partial charge is 0.417 e. The van der Waals surface area contributed by atoms with E-state index in [0.717, 1.165) is 35.1 Å². The summed E-state index contributed by atoms with van der Waals surface area (Å²) in [6.07, 6.45) is -4.27. The van der Waals surface area contributed by atoms with Crippen LogP contribution in [-0.2, 0) is 65.5 Å². The highest BCUT2D eigenvalue weighted by atomic mass is 16.7. The molecule has 2 heterocycles. The second-order valence-corrected chi connectivity index (χ2v) is 13.7. The Bertz CT molecular complexity index is 1810. The van der Waals surface area contributed by atoms with Crippen LogP contribution in [-0.4, -0.2) is 103 Å². The Labute approximate surface area is 331 Å². The second-order valence-electron chi connectivity index (χ2n) is 13.7. The van der Waals surface area contributed by atoms with Crippen molar-refractivity contribution in [2.75, 3.05) is 26.9 Å². The van der Waals surface area contributed by atoms with Crippen LogP contribution in [0.25, 0.3) is 0 Å². The Morgan fingerprint density at radius 3 is 2.02 bits per heavy atom. The predicted molar refractivity (Wildman–Crippen MR) is 203 cm³/mol. The van der Waals surface area contributed by atoms with Crippen LogP contribution in [0.2, 0.25) is 0 Å². The number of ketones is 2. The highest BCUT2D eigenvalue weighted by Gasteiger charge is 2.48. The van der Waals surface area contributed by atoms with Gasteiger partial charge < -0.3 is 38.3 Å². The number of aliphatic hydroxyl groups is 1. The number of ether oxygens (including phenoxy) is 7. The van der Waals surface area contributed by atoms with Gasteiger partial charge in [-0.05, 0) is 42.2 Å². The van der Waals surface area contributed by atoms with Gasteiger partial charge in [-0.25, -0.2) is 9.69 Å². The van der Waals surface area contributed by atoms with E-state index in [1.54, 1.807) is 30.3 Å². The molecule has 14 nitrogen and oxygen atoms in total. The molecule has 0 aromatic heterocycles. The predicted octanol–water partition coefficient (Wildman–Crippen LogP) is 4.67. The van der Waals surface area contributed by atoms with Crippen molar-refractivity contribution in [3.05, 3.63) is 120 Å². The van der Waals surface area contributed by atoms with Crippen LogP contribution in [0.5, 0.6) is 0 Å². The van der Waals surface area contributed by atoms with Gasteiger partial charge in [-0.3, -0.25) is 19.2 Å². The Balaban J connectivity index is 1.21. The molecule has 0 saturated carbocycles. The Kier molecular flexibility index (Phi) is 16.2. The molecule has 304 valence electrons. The number of methoxy groups -OCH3 is 1. The summed E-state index contributed by atoms with van der Waals surface area (Å²) < 4.78 is 41.1. The van der Waals surface area contributed by atoms with Crippen molar-refractivity contribution in [3.8, 4) is 0 Å². The number of carbonyl (C=O) groups excluding carboxylic acids is 5. The standard InChI is InChI=1S/C43H49NO13/c1-28(41(49)44-34(27-55-43(44)50)32-18-11-6-12-19-32)37(56-29(2)46)35(48)22-21-33(47)20-13-23-52-40-39(54-26-31-16-9-5-10-17-31)38(36(24-45)57-42(40)51-3)53-25-30-14-7-4-8-15-30/h4-12,14-19,21-22,28,34,36-40,42,45H,13,20,23-27H2,1-3H3/t28-,34+,36+,37-,38+,39-,40-,42-/m0/s1. The van der Waals surface area contributed by atoms with Crippen molar-refractivity contribution in [2.45, 2.75) is 82.8 Å². The number of allylic oxidation sites excluding steroid dienone is 1. The molecule has 0 spiro atoms. The first-order chi connectivity index (χ1) is 27.6. The third-order valence-corrected chi connectivity index (χ3v) is 9.60. The molecule has 57 heavy (non-hydrogen) atoms. The van der Waals surface area contributed by atoms with Crippen LogP contribution in [0, 0.1) is 5.92 Å². The van der Waals surface area contributed by atoms with E-state index in [2.05, 4.69) is 0 Å². The lowest BCUT2D eigenvalue weighted by Crippen LogP contribution is -2.61. The maximum Gasteiger partial charge on any atom is 0.417 e.